The predicted molar refractivity (Wildman–Crippen MR) is 157 cm³/mol. The lowest BCUT2D eigenvalue weighted by atomic mass is 10.1. The molecule has 11 heteroatoms. The van der Waals surface area contributed by atoms with Gasteiger partial charge in [0.15, 0.2) is 0 Å². The zero-order chi connectivity index (χ0) is 30.2. The molecule has 2 aromatic heterocycles. The molecule has 42 heavy (non-hydrogen) atoms. The van der Waals surface area contributed by atoms with Crippen LogP contribution >= 0.6 is 0 Å². The Labute approximate surface area is 246 Å². The largest absolute Gasteiger partial charge is 0.376 e. The fraction of sp³-hybridized carbons (Fsp3) is 0.484. The topological polar surface area (TPSA) is 108 Å². The summed E-state index contributed by atoms with van der Waals surface area (Å²) in [5.41, 5.74) is 1.87. The van der Waals surface area contributed by atoms with Crippen LogP contribution in [0.15, 0.2) is 54.9 Å². The maximum Gasteiger partial charge on any atom is 0.274 e. The molecule has 0 saturated carbocycles. The van der Waals surface area contributed by atoms with Crippen molar-refractivity contribution in [2.24, 2.45) is 0 Å². The number of hydrogen-bond donors (Lipinski definition) is 2. The molecule has 0 bridgehead atoms. The van der Waals surface area contributed by atoms with E-state index in [9.17, 15) is 18.8 Å². The maximum atomic E-state index is 13.9. The van der Waals surface area contributed by atoms with Crippen LogP contribution in [-0.4, -0.2) is 94.4 Å². The van der Waals surface area contributed by atoms with Crippen molar-refractivity contribution in [3.8, 4) is 0 Å². The van der Waals surface area contributed by atoms with Gasteiger partial charge in [-0.15, -0.1) is 0 Å². The highest BCUT2D eigenvalue weighted by Gasteiger charge is 2.38. The SMILES string of the molecule is CCO[C@H](C)[C@H](NC(=O)[C@H](C)NC)C(=O)N1CCC[C@H]1CN(CCc1ccc(F)cc1)C(=O)c1cn2ccccc2n1. The molecule has 4 rings (SSSR count). The van der Waals surface area contributed by atoms with Gasteiger partial charge in [-0.3, -0.25) is 14.4 Å². The van der Waals surface area contributed by atoms with Crippen LogP contribution in [0.5, 0.6) is 0 Å². The molecule has 1 fully saturated rings. The molecule has 1 saturated heterocycles. The lowest BCUT2D eigenvalue weighted by Gasteiger charge is -2.34. The Hall–Kier alpha value is -3.83. The Morgan fingerprint density at radius 1 is 1.17 bits per heavy atom. The Morgan fingerprint density at radius 3 is 2.62 bits per heavy atom. The smallest absolute Gasteiger partial charge is 0.274 e. The number of carbonyl (C=O) groups excluding carboxylic acids is 3. The van der Waals surface area contributed by atoms with E-state index < -0.39 is 18.2 Å². The third-order valence-corrected chi connectivity index (χ3v) is 7.83. The number of amides is 3. The summed E-state index contributed by atoms with van der Waals surface area (Å²) < 4.78 is 21.0. The van der Waals surface area contributed by atoms with E-state index in [4.69, 9.17) is 4.74 Å². The van der Waals surface area contributed by atoms with Gasteiger partial charge in [0.05, 0.1) is 12.1 Å². The first-order valence-electron chi connectivity index (χ1n) is 14.6. The van der Waals surface area contributed by atoms with Gasteiger partial charge in [-0.05, 0) is 76.9 Å². The monoisotopic (exact) mass is 580 g/mol. The summed E-state index contributed by atoms with van der Waals surface area (Å²) in [5.74, 6) is -1.08. The molecular formula is C31H41FN6O4. The average molecular weight is 581 g/mol. The summed E-state index contributed by atoms with van der Waals surface area (Å²) in [6.45, 7) is 6.94. The summed E-state index contributed by atoms with van der Waals surface area (Å²) >= 11 is 0. The van der Waals surface area contributed by atoms with E-state index in [1.165, 1.54) is 12.1 Å². The summed E-state index contributed by atoms with van der Waals surface area (Å²) in [6.07, 6.45) is 5.02. The van der Waals surface area contributed by atoms with Crippen molar-refractivity contribution >= 4 is 23.4 Å². The number of nitrogens with zero attached hydrogens (tertiary/aromatic N) is 4. The van der Waals surface area contributed by atoms with Crippen LogP contribution in [0.4, 0.5) is 4.39 Å². The molecule has 1 aliphatic heterocycles. The van der Waals surface area contributed by atoms with Crippen LogP contribution in [0.2, 0.25) is 0 Å². The van der Waals surface area contributed by atoms with Gasteiger partial charge < -0.3 is 29.6 Å². The van der Waals surface area contributed by atoms with Crippen LogP contribution in [0.25, 0.3) is 5.65 Å². The van der Waals surface area contributed by atoms with Crippen molar-refractivity contribution in [1.82, 2.24) is 29.8 Å². The molecule has 3 heterocycles. The number of likely N-dealkylation sites (N-methyl/N-ethyl adjacent to an activating group) is 1. The van der Waals surface area contributed by atoms with Gasteiger partial charge in [-0.1, -0.05) is 18.2 Å². The van der Waals surface area contributed by atoms with E-state index in [0.717, 1.165) is 12.0 Å². The van der Waals surface area contributed by atoms with Gasteiger partial charge in [0.1, 0.15) is 23.2 Å². The number of nitrogens with one attached hydrogen (secondary N) is 2. The zero-order valence-electron chi connectivity index (χ0n) is 24.8. The number of fused-ring (bicyclic) bond motifs is 1. The van der Waals surface area contributed by atoms with E-state index in [1.807, 2.05) is 31.3 Å². The van der Waals surface area contributed by atoms with Gasteiger partial charge >= 0.3 is 0 Å². The number of carbonyl (C=O) groups is 3. The van der Waals surface area contributed by atoms with Gasteiger partial charge in [-0.2, -0.15) is 0 Å². The van der Waals surface area contributed by atoms with E-state index in [-0.39, 0.29) is 29.6 Å². The fourth-order valence-electron chi connectivity index (χ4n) is 5.29. The standard InChI is InChI=1S/C31H41FN6O4/c1-5-42-22(3)28(35-29(39)21(2)33-4)31(41)38-17-8-9-25(38)19-37(18-15-23-11-13-24(32)14-12-23)30(40)26-20-36-16-7-6-10-27(36)34-26/h6-7,10-14,16,20-22,25,28,33H,5,8-9,15,17-19H2,1-4H3,(H,35,39)/t21-,22+,25-,28-/m0/s1. The van der Waals surface area contributed by atoms with E-state index in [2.05, 4.69) is 15.6 Å². The van der Waals surface area contributed by atoms with Gasteiger partial charge in [-0.25, -0.2) is 9.37 Å². The highest BCUT2D eigenvalue weighted by Crippen LogP contribution is 2.22. The summed E-state index contributed by atoms with van der Waals surface area (Å²) in [7, 11) is 1.68. The van der Waals surface area contributed by atoms with Crippen LogP contribution in [0.3, 0.4) is 0 Å². The third-order valence-electron chi connectivity index (χ3n) is 7.83. The van der Waals surface area contributed by atoms with Crippen molar-refractivity contribution in [1.29, 1.82) is 0 Å². The first-order chi connectivity index (χ1) is 20.2. The third kappa shape index (κ3) is 7.51. The number of imidazole rings is 1. The number of likely N-dealkylation sites (tertiary alicyclic amines) is 1. The second-order valence-electron chi connectivity index (χ2n) is 10.7. The predicted octanol–water partition coefficient (Wildman–Crippen LogP) is 2.67. The number of hydrogen-bond acceptors (Lipinski definition) is 6. The molecule has 0 radical (unpaired) electrons. The van der Waals surface area contributed by atoms with Crippen LogP contribution in [0.1, 0.15) is 49.7 Å². The number of pyridine rings is 1. The normalized spacial score (nSPS) is 17.2. The van der Waals surface area contributed by atoms with E-state index >= 15 is 0 Å². The fourth-order valence-corrected chi connectivity index (χ4v) is 5.29. The Kier molecular flexibility index (Phi) is 10.6. The summed E-state index contributed by atoms with van der Waals surface area (Å²) in [6, 6.07) is 10.2. The first kappa shape index (κ1) is 31.1. The Balaban J connectivity index is 1.56. The van der Waals surface area contributed by atoms with Crippen LogP contribution in [-0.2, 0) is 20.7 Å². The number of aromatic nitrogens is 2. The summed E-state index contributed by atoms with van der Waals surface area (Å²) in [5, 5.41) is 5.78. The minimum atomic E-state index is -0.865. The van der Waals surface area contributed by atoms with Crippen molar-refractivity contribution in [2.45, 2.75) is 64.3 Å². The first-order valence-corrected chi connectivity index (χ1v) is 14.6. The average Bonchev–Trinajstić information content (AvgIpc) is 3.65. The van der Waals surface area contributed by atoms with Gasteiger partial charge in [0, 0.05) is 44.7 Å². The van der Waals surface area contributed by atoms with Gasteiger partial charge in [0.25, 0.3) is 5.91 Å². The molecule has 226 valence electrons. The molecule has 1 aromatic carbocycles. The Bertz CT molecular complexity index is 1330. The van der Waals surface area contributed by atoms with E-state index in [1.54, 1.807) is 53.4 Å². The molecule has 2 N–H and O–H groups in total. The van der Waals surface area contributed by atoms with Crippen molar-refractivity contribution in [2.75, 3.05) is 33.3 Å². The van der Waals surface area contributed by atoms with Crippen molar-refractivity contribution in [3.05, 3.63) is 71.9 Å². The number of ether oxygens (including phenoxy) is 1. The second-order valence-corrected chi connectivity index (χ2v) is 10.7. The van der Waals surface area contributed by atoms with Crippen molar-refractivity contribution in [3.63, 3.8) is 0 Å². The Morgan fingerprint density at radius 2 is 1.93 bits per heavy atom. The number of benzene rings is 1. The molecule has 3 amide bonds. The molecule has 0 aliphatic carbocycles. The molecular weight excluding hydrogens is 539 g/mol. The second kappa shape index (κ2) is 14.4. The number of rotatable bonds is 13. The minimum absolute atomic E-state index is 0.228. The van der Waals surface area contributed by atoms with Crippen molar-refractivity contribution < 1.29 is 23.5 Å². The quantitative estimate of drug-likeness (QED) is 0.322. The molecule has 3 aromatic rings. The lowest BCUT2D eigenvalue weighted by molar-refractivity contribution is -0.141. The molecule has 0 unspecified atom stereocenters. The molecule has 10 nitrogen and oxygen atoms in total. The van der Waals surface area contributed by atoms with E-state index in [0.29, 0.717) is 50.4 Å². The van der Waals surface area contributed by atoms with Crippen LogP contribution in [0, 0.1) is 5.82 Å². The highest BCUT2D eigenvalue weighted by molar-refractivity contribution is 5.93. The minimum Gasteiger partial charge on any atom is -0.376 e. The highest BCUT2D eigenvalue weighted by atomic mass is 19.1. The molecule has 0 spiro atoms. The lowest BCUT2D eigenvalue weighted by Crippen LogP contribution is -2.58. The zero-order valence-corrected chi connectivity index (χ0v) is 24.8. The number of halogens is 1. The van der Waals surface area contributed by atoms with Crippen LogP contribution < -0.4 is 10.6 Å². The molecule has 4 atom stereocenters. The summed E-state index contributed by atoms with van der Waals surface area (Å²) in [4.78, 5) is 48.5. The molecule has 1 aliphatic rings. The van der Waals surface area contributed by atoms with Gasteiger partial charge in [0.2, 0.25) is 11.8 Å². The maximum absolute atomic E-state index is 13.9.